The van der Waals surface area contributed by atoms with Crippen molar-refractivity contribution in [1.82, 2.24) is 10.2 Å². The molecule has 2 heterocycles. The molecule has 0 radical (unpaired) electrons. The predicted molar refractivity (Wildman–Crippen MR) is 116 cm³/mol. The van der Waals surface area contributed by atoms with Crippen LogP contribution in [-0.4, -0.2) is 35.7 Å². The van der Waals surface area contributed by atoms with Gasteiger partial charge in [0.15, 0.2) is 0 Å². The van der Waals surface area contributed by atoms with Crippen LogP contribution in [0.5, 0.6) is 5.75 Å². The van der Waals surface area contributed by atoms with Gasteiger partial charge in [0.1, 0.15) is 10.8 Å². The van der Waals surface area contributed by atoms with E-state index in [2.05, 4.69) is 27.6 Å². The molecule has 1 saturated heterocycles. The van der Waals surface area contributed by atoms with Crippen molar-refractivity contribution in [2.45, 2.75) is 19.3 Å². The van der Waals surface area contributed by atoms with Gasteiger partial charge in [-0.25, -0.2) is 0 Å². The Labute approximate surface area is 178 Å². The third-order valence-corrected chi connectivity index (χ3v) is 5.95. The minimum atomic E-state index is -0.420. The van der Waals surface area contributed by atoms with Gasteiger partial charge in [0.05, 0.1) is 13.0 Å². The number of aryl methyl sites for hydroxylation is 2. The van der Waals surface area contributed by atoms with E-state index < -0.39 is 5.92 Å². The third kappa shape index (κ3) is 4.65. The molecular weight excluding hydrogens is 400 g/mol. The van der Waals surface area contributed by atoms with E-state index in [1.54, 1.807) is 24.1 Å². The summed E-state index contributed by atoms with van der Waals surface area (Å²) in [4.78, 5) is 26.7. The standard InChI is InChI=1S/C22H22N4O3S/c1-29-18-10-8-17(9-11-18)26-14-16(13-20(26)27)21(28)23-22-25-24-19(30-22)12-7-15-5-3-2-4-6-15/h2-6,8-11,16H,7,12-14H2,1H3,(H,23,25,28)/t16-/m0/s1. The Bertz CT molecular complexity index is 1020. The van der Waals surface area contributed by atoms with Gasteiger partial charge in [-0.3, -0.25) is 9.59 Å². The predicted octanol–water partition coefficient (Wildman–Crippen LogP) is 3.32. The first-order valence-electron chi connectivity index (χ1n) is 9.74. The highest BCUT2D eigenvalue weighted by molar-refractivity contribution is 7.15. The van der Waals surface area contributed by atoms with Gasteiger partial charge in [0, 0.05) is 25.1 Å². The number of hydrogen-bond donors (Lipinski definition) is 1. The van der Waals surface area contributed by atoms with Gasteiger partial charge in [-0.05, 0) is 36.2 Å². The molecule has 0 saturated carbocycles. The molecule has 1 aromatic heterocycles. The van der Waals surface area contributed by atoms with E-state index in [9.17, 15) is 9.59 Å². The average Bonchev–Trinajstić information content (AvgIpc) is 3.39. The summed E-state index contributed by atoms with van der Waals surface area (Å²) in [5.74, 6) is 0.0292. The van der Waals surface area contributed by atoms with Gasteiger partial charge in [-0.2, -0.15) is 0 Å². The quantitative estimate of drug-likeness (QED) is 0.631. The van der Waals surface area contributed by atoms with Crippen LogP contribution in [0.15, 0.2) is 54.6 Å². The Kier molecular flexibility index (Phi) is 6.04. The largest absolute Gasteiger partial charge is 0.497 e. The summed E-state index contributed by atoms with van der Waals surface area (Å²) in [6, 6.07) is 17.4. The zero-order valence-corrected chi connectivity index (χ0v) is 17.4. The van der Waals surface area contributed by atoms with E-state index in [1.165, 1.54) is 16.9 Å². The minimum Gasteiger partial charge on any atom is -0.497 e. The normalized spacial score (nSPS) is 16.0. The molecule has 0 bridgehead atoms. The summed E-state index contributed by atoms with van der Waals surface area (Å²) in [5.41, 5.74) is 2.00. The molecule has 1 aliphatic rings. The highest BCUT2D eigenvalue weighted by Crippen LogP contribution is 2.28. The summed E-state index contributed by atoms with van der Waals surface area (Å²) in [5, 5.41) is 12.4. The van der Waals surface area contributed by atoms with Crippen molar-refractivity contribution in [3.63, 3.8) is 0 Å². The molecule has 2 aromatic carbocycles. The molecule has 154 valence electrons. The molecule has 1 atom stereocenters. The van der Waals surface area contributed by atoms with Gasteiger partial charge < -0.3 is 15.0 Å². The van der Waals surface area contributed by atoms with Crippen molar-refractivity contribution in [2.75, 3.05) is 23.9 Å². The second-order valence-corrected chi connectivity index (χ2v) is 8.14. The summed E-state index contributed by atoms with van der Waals surface area (Å²) < 4.78 is 5.15. The Morgan fingerprint density at radius 3 is 2.63 bits per heavy atom. The lowest BCUT2D eigenvalue weighted by Crippen LogP contribution is -2.28. The number of hydrogen-bond acceptors (Lipinski definition) is 6. The molecule has 7 nitrogen and oxygen atoms in total. The number of amides is 2. The van der Waals surface area contributed by atoms with Crippen LogP contribution < -0.4 is 15.0 Å². The van der Waals surface area contributed by atoms with Crippen LogP contribution in [0.1, 0.15) is 17.0 Å². The van der Waals surface area contributed by atoms with E-state index >= 15 is 0 Å². The molecule has 1 N–H and O–H groups in total. The van der Waals surface area contributed by atoms with E-state index in [0.29, 0.717) is 11.7 Å². The first-order valence-corrected chi connectivity index (χ1v) is 10.6. The molecule has 0 unspecified atom stereocenters. The van der Waals surface area contributed by atoms with Crippen LogP contribution in [0.25, 0.3) is 0 Å². The van der Waals surface area contributed by atoms with Crippen LogP contribution >= 0.6 is 11.3 Å². The van der Waals surface area contributed by atoms with Gasteiger partial charge >= 0.3 is 0 Å². The Morgan fingerprint density at radius 2 is 1.90 bits per heavy atom. The highest BCUT2D eigenvalue weighted by Gasteiger charge is 2.35. The van der Waals surface area contributed by atoms with E-state index in [1.807, 2.05) is 30.3 Å². The van der Waals surface area contributed by atoms with Crippen LogP contribution in [0.2, 0.25) is 0 Å². The molecular formula is C22H22N4O3S. The van der Waals surface area contributed by atoms with Gasteiger partial charge in [-0.1, -0.05) is 41.7 Å². The maximum Gasteiger partial charge on any atom is 0.231 e. The van der Waals surface area contributed by atoms with Crippen molar-refractivity contribution < 1.29 is 14.3 Å². The van der Waals surface area contributed by atoms with Gasteiger partial charge in [0.2, 0.25) is 16.9 Å². The second kappa shape index (κ2) is 9.04. The number of aromatic nitrogens is 2. The number of nitrogens with zero attached hydrogens (tertiary/aromatic N) is 3. The number of carbonyl (C=O) groups excluding carboxylic acids is 2. The highest BCUT2D eigenvalue weighted by atomic mass is 32.1. The van der Waals surface area contributed by atoms with Crippen molar-refractivity contribution in [2.24, 2.45) is 5.92 Å². The zero-order valence-electron chi connectivity index (χ0n) is 16.6. The first-order chi connectivity index (χ1) is 14.6. The Morgan fingerprint density at radius 1 is 1.13 bits per heavy atom. The number of carbonyl (C=O) groups is 2. The number of rotatable bonds is 7. The molecule has 0 spiro atoms. The smallest absolute Gasteiger partial charge is 0.231 e. The topological polar surface area (TPSA) is 84.4 Å². The summed E-state index contributed by atoms with van der Waals surface area (Å²) in [6.07, 6.45) is 1.82. The number of nitrogens with one attached hydrogen (secondary N) is 1. The van der Waals surface area contributed by atoms with Crippen LogP contribution in [0, 0.1) is 5.92 Å². The molecule has 8 heteroatoms. The molecule has 1 fully saturated rings. The lowest BCUT2D eigenvalue weighted by atomic mass is 10.1. The average molecular weight is 423 g/mol. The molecule has 2 amide bonds. The lowest BCUT2D eigenvalue weighted by Gasteiger charge is -2.16. The fraction of sp³-hybridized carbons (Fsp3) is 0.273. The lowest BCUT2D eigenvalue weighted by molar-refractivity contribution is -0.122. The van der Waals surface area contributed by atoms with Crippen molar-refractivity contribution in [3.05, 3.63) is 65.2 Å². The van der Waals surface area contributed by atoms with E-state index in [0.717, 1.165) is 29.3 Å². The molecule has 30 heavy (non-hydrogen) atoms. The summed E-state index contributed by atoms with van der Waals surface area (Å²) in [7, 11) is 1.59. The van der Waals surface area contributed by atoms with Crippen molar-refractivity contribution >= 4 is 34.0 Å². The summed E-state index contributed by atoms with van der Waals surface area (Å²) >= 11 is 1.37. The first kappa shape index (κ1) is 20.0. The summed E-state index contributed by atoms with van der Waals surface area (Å²) in [6.45, 7) is 0.344. The van der Waals surface area contributed by atoms with Crippen LogP contribution in [-0.2, 0) is 22.4 Å². The fourth-order valence-electron chi connectivity index (χ4n) is 3.40. The minimum absolute atomic E-state index is 0.0684. The monoisotopic (exact) mass is 422 g/mol. The molecule has 3 aromatic rings. The SMILES string of the molecule is COc1ccc(N2C[C@@H](C(=O)Nc3nnc(CCc4ccccc4)s3)CC2=O)cc1. The van der Waals surface area contributed by atoms with Crippen LogP contribution in [0.3, 0.4) is 0 Å². The van der Waals surface area contributed by atoms with Gasteiger partial charge in [-0.15, -0.1) is 10.2 Å². The molecule has 1 aliphatic heterocycles. The fourth-order valence-corrected chi connectivity index (χ4v) is 4.15. The van der Waals surface area contributed by atoms with Crippen LogP contribution in [0.4, 0.5) is 10.8 Å². The van der Waals surface area contributed by atoms with E-state index in [4.69, 9.17) is 4.74 Å². The third-order valence-electron chi connectivity index (χ3n) is 5.05. The van der Waals surface area contributed by atoms with Gasteiger partial charge in [0.25, 0.3) is 0 Å². The number of methoxy groups -OCH3 is 1. The molecule has 0 aliphatic carbocycles. The number of anilines is 2. The Hall–Kier alpha value is -3.26. The zero-order chi connectivity index (χ0) is 20.9. The van der Waals surface area contributed by atoms with Crippen molar-refractivity contribution in [3.8, 4) is 5.75 Å². The number of ether oxygens (including phenoxy) is 1. The molecule has 4 rings (SSSR count). The number of benzene rings is 2. The maximum absolute atomic E-state index is 12.7. The second-order valence-electron chi connectivity index (χ2n) is 7.08. The van der Waals surface area contributed by atoms with E-state index in [-0.39, 0.29) is 18.2 Å². The van der Waals surface area contributed by atoms with Crippen molar-refractivity contribution in [1.29, 1.82) is 0 Å². The Balaban J connectivity index is 1.33. The maximum atomic E-state index is 12.7.